The number of carboxylic acid groups (broad SMARTS) is 1. The lowest BCUT2D eigenvalue weighted by atomic mass is 10.2. The number of thioether (sulfide) groups is 1. The fourth-order valence-electron chi connectivity index (χ4n) is 1.25. The highest BCUT2D eigenvalue weighted by molar-refractivity contribution is 7.98. The Hall–Kier alpha value is -1.57. The molecule has 1 aromatic rings. The molecule has 0 aliphatic heterocycles. The largest absolute Gasteiger partial charge is 0.480 e. The predicted octanol–water partition coefficient (Wildman–Crippen LogP) is 1.02. The molecule has 1 rings (SSSR count). The maximum Gasteiger partial charge on any atom is 0.327 e. The summed E-state index contributed by atoms with van der Waals surface area (Å²) in [4.78, 5) is 25.9. The molecule has 1 heterocycles. The zero-order chi connectivity index (χ0) is 14.4. The average Bonchev–Trinajstić information content (AvgIpc) is 2.75. The Morgan fingerprint density at radius 3 is 2.63 bits per heavy atom. The number of aromatic nitrogens is 2. The number of carboxylic acids is 1. The Labute approximate surface area is 115 Å². The van der Waals surface area contributed by atoms with Crippen LogP contribution < -0.4 is 5.32 Å². The van der Waals surface area contributed by atoms with Crippen LogP contribution in [0.2, 0.25) is 0 Å². The first kappa shape index (κ1) is 15.5. The first-order valence-corrected chi connectivity index (χ1v) is 6.95. The third-order valence-electron chi connectivity index (χ3n) is 2.19. The zero-order valence-electron chi connectivity index (χ0n) is 11.0. The van der Waals surface area contributed by atoms with Crippen LogP contribution in [0, 0.1) is 0 Å². The molecule has 7 nitrogen and oxygen atoms in total. The Kier molecular flexibility index (Phi) is 5.81. The molecular formula is C11H17N3O4S. The summed E-state index contributed by atoms with van der Waals surface area (Å²) in [5.74, 6) is 0.516. The van der Waals surface area contributed by atoms with Crippen LogP contribution in [-0.4, -0.2) is 38.9 Å². The van der Waals surface area contributed by atoms with Crippen molar-refractivity contribution in [3.63, 3.8) is 0 Å². The number of nitrogens with one attached hydrogen (secondary N) is 1. The number of aliphatic carboxylic acids is 1. The fourth-order valence-corrected chi connectivity index (χ4v) is 2.12. The second-order valence-corrected chi connectivity index (χ2v) is 5.34. The van der Waals surface area contributed by atoms with Crippen LogP contribution >= 0.6 is 11.8 Å². The van der Waals surface area contributed by atoms with Crippen molar-refractivity contribution in [2.75, 3.05) is 5.75 Å². The summed E-state index contributed by atoms with van der Waals surface area (Å²) < 4.78 is 5.03. The molecule has 19 heavy (non-hydrogen) atoms. The van der Waals surface area contributed by atoms with E-state index in [2.05, 4.69) is 15.5 Å². The minimum atomic E-state index is -1.06. The van der Waals surface area contributed by atoms with Gasteiger partial charge in [-0.05, 0) is 0 Å². The van der Waals surface area contributed by atoms with E-state index in [-0.39, 0.29) is 17.6 Å². The quantitative estimate of drug-likeness (QED) is 0.771. The molecule has 0 radical (unpaired) electrons. The van der Waals surface area contributed by atoms with Gasteiger partial charge in [-0.2, -0.15) is 4.98 Å². The van der Waals surface area contributed by atoms with Crippen molar-refractivity contribution in [1.29, 1.82) is 0 Å². The second-order valence-electron chi connectivity index (χ2n) is 4.31. The van der Waals surface area contributed by atoms with Gasteiger partial charge in [-0.25, -0.2) is 4.79 Å². The number of hydrogen-bond donors (Lipinski definition) is 2. The maximum atomic E-state index is 10.9. The topological polar surface area (TPSA) is 105 Å². The number of hydrogen-bond acceptors (Lipinski definition) is 6. The lowest BCUT2D eigenvalue weighted by Gasteiger charge is -2.11. The fraction of sp³-hybridized carbons (Fsp3) is 0.636. The lowest BCUT2D eigenvalue weighted by Crippen LogP contribution is -2.41. The third kappa shape index (κ3) is 5.29. The molecule has 0 aliphatic rings. The second kappa shape index (κ2) is 7.13. The summed E-state index contributed by atoms with van der Waals surface area (Å²) in [5, 5.41) is 15.1. The zero-order valence-corrected chi connectivity index (χ0v) is 11.9. The number of carbonyl (C=O) groups is 2. The van der Waals surface area contributed by atoms with Gasteiger partial charge >= 0.3 is 5.97 Å². The molecule has 1 unspecified atom stereocenters. The Morgan fingerprint density at radius 1 is 1.47 bits per heavy atom. The Balaban J connectivity index is 2.42. The van der Waals surface area contributed by atoms with E-state index in [4.69, 9.17) is 9.63 Å². The predicted molar refractivity (Wildman–Crippen MR) is 69.8 cm³/mol. The Morgan fingerprint density at radius 2 is 2.16 bits per heavy atom. The lowest BCUT2D eigenvalue weighted by molar-refractivity contribution is -0.140. The summed E-state index contributed by atoms with van der Waals surface area (Å²) >= 11 is 1.32. The van der Waals surface area contributed by atoms with Crippen molar-refractivity contribution >= 4 is 23.6 Å². The molecule has 0 spiro atoms. The van der Waals surface area contributed by atoms with Gasteiger partial charge in [-0.3, -0.25) is 4.79 Å². The van der Waals surface area contributed by atoms with Gasteiger partial charge in [0.15, 0.2) is 5.82 Å². The SMILES string of the molecule is CC(=O)NC(CSCc1nc(C(C)C)no1)C(=O)O. The van der Waals surface area contributed by atoms with E-state index in [9.17, 15) is 9.59 Å². The normalized spacial score (nSPS) is 12.4. The van der Waals surface area contributed by atoms with E-state index >= 15 is 0 Å². The van der Waals surface area contributed by atoms with E-state index < -0.39 is 12.0 Å². The molecule has 0 aliphatic carbocycles. The number of nitrogens with zero attached hydrogens (tertiary/aromatic N) is 2. The Bertz CT molecular complexity index is 447. The molecule has 2 N–H and O–H groups in total. The molecule has 0 fully saturated rings. The van der Waals surface area contributed by atoms with Crippen molar-refractivity contribution in [1.82, 2.24) is 15.5 Å². The third-order valence-corrected chi connectivity index (χ3v) is 3.21. The van der Waals surface area contributed by atoms with Gasteiger partial charge in [0.05, 0.1) is 5.75 Å². The van der Waals surface area contributed by atoms with Crippen molar-refractivity contribution in [3.05, 3.63) is 11.7 Å². The monoisotopic (exact) mass is 287 g/mol. The van der Waals surface area contributed by atoms with Gasteiger partial charge in [-0.1, -0.05) is 19.0 Å². The number of rotatable bonds is 7. The molecule has 1 amide bonds. The van der Waals surface area contributed by atoms with Crippen molar-refractivity contribution in [2.45, 2.75) is 38.5 Å². The van der Waals surface area contributed by atoms with Gasteiger partial charge in [0.25, 0.3) is 0 Å². The molecule has 1 aromatic heterocycles. The van der Waals surface area contributed by atoms with Gasteiger partial charge < -0.3 is 14.9 Å². The summed E-state index contributed by atoms with van der Waals surface area (Å²) in [6.45, 7) is 5.20. The van der Waals surface area contributed by atoms with Gasteiger partial charge in [-0.15, -0.1) is 11.8 Å². The molecule has 8 heteroatoms. The minimum Gasteiger partial charge on any atom is -0.480 e. The van der Waals surface area contributed by atoms with E-state index in [1.165, 1.54) is 18.7 Å². The maximum absolute atomic E-state index is 10.9. The van der Waals surface area contributed by atoms with E-state index in [1.807, 2.05) is 13.8 Å². The van der Waals surface area contributed by atoms with Crippen molar-refractivity contribution in [2.24, 2.45) is 0 Å². The van der Waals surface area contributed by atoms with Gasteiger partial charge in [0.2, 0.25) is 11.8 Å². The van der Waals surface area contributed by atoms with Gasteiger partial charge in [0, 0.05) is 18.6 Å². The van der Waals surface area contributed by atoms with Crippen LogP contribution in [0.25, 0.3) is 0 Å². The minimum absolute atomic E-state index is 0.189. The summed E-state index contributed by atoms with van der Waals surface area (Å²) in [6, 6.07) is -0.907. The van der Waals surface area contributed by atoms with Crippen LogP contribution in [0.4, 0.5) is 0 Å². The molecule has 0 saturated heterocycles. The van der Waals surface area contributed by atoms with Crippen LogP contribution in [0.15, 0.2) is 4.52 Å². The smallest absolute Gasteiger partial charge is 0.327 e. The highest BCUT2D eigenvalue weighted by Crippen LogP contribution is 2.15. The molecule has 0 aromatic carbocycles. The molecule has 0 saturated carbocycles. The van der Waals surface area contributed by atoms with E-state index in [1.54, 1.807) is 0 Å². The number of amides is 1. The number of carbonyl (C=O) groups excluding carboxylic acids is 1. The highest BCUT2D eigenvalue weighted by Gasteiger charge is 2.19. The first-order chi connectivity index (χ1) is 8.90. The van der Waals surface area contributed by atoms with Crippen molar-refractivity contribution in [3.8, 4) is 0 Å². The molecule has 1 atom stereocenters. The van der Waals surface area contributed by atoms with E-state index in [0.717, 1.165) is 0 Å². The molecule has 106 valence electrons. The van der Waals surface area contributed by atoms with Gasteiger partial charge in [0.1, 0.15) is 6.04 Å². The van der Waals surface area contributed by atoms with Crippen molar-refractivity contribution < 1.29 is 19.2 Å². The molecular weight excluding hydrogens is 270 g/mol. The highest BCUT2D eigenvalue weighted by atomic mass is 32.2. The standard InChI is InChI=1S/C11H17N3O4S/c1-6(2)10-13-9(18-14-10)5-19-4-8(11(16)17)12-7(3)15/h6,8H,4-5H2,1-3H3,(H,12,15)(H,16,17). The summed E-state index contributed by atoms with van der Waals surface area (Å²) in [5.41, 5.74) is 0. The van der Waals surface area contributed by atoms with Crippen LogP contribution in [0.3, 0.4) is 0 Å². The van der Waals surface area contributed by atoms with E-state index in [0.29, 0.717) is 17.5 Å². The van der Waals surface area contributed by atoms with Crippen LogP contribution in [0.1, 0.15) is 38.4 Å². The van der Waals surface area contributed by atoms with Crippen LogP contribution in [0.5, 0.6) is 0 Å². The summed E-state index contributed by atoms with van der Waals surface area (Å²) in [6.07, 6.45) is 0. The summed E-state index contributed by atoms with van der Waals surface area (Å²) in [7, 11) is 0. The first-order valence-electron chi connectivity index (χ1n) is 5.80. The van der Waals surface area contributed by atoms with Crippen LogP contribution in [-0.2, 0) is 15.3 Å². The average molecular weight is 287 g/mol. The molecule has 0 bridgehead atoms.